The Labute approximate surface area is 158 Å². The molecule has 1 aliphatic rings. The fraction of sp³-hybridized carbons (Fsp3) is 0.350. The highest BCUT2D eigenvalue weighted by molar-refractivity contribution is 5.98. The van der Waals surface area contributed by atoms with Crippen LogP contribution in [0, 0.1) is 0 Å². The number of aromatic nitrogens is 1. The molecular formula is C20H23N3O4. The number of nitrogens with one attached hydrogen (secondary N) is 1. The number of pyridine rings is 1. The van der Waals surface area contributed by atoms with E-state index in [1.54, 1.807) is 36.3 Å². The number of rotatable bonds is 7. The average molecular weight is 369 g/mol. The second-order valence-electron chi connectivity index (χ2n) is 6.21. The van der Waals surface area contributed by atoms with Crippen LogP contribution < -0.4 is 14.8 Å². The van der Waals surface area contributed by atoms with Crippen molar-refractivity contribution >= 4 is 11.8 Å². The van der Waals surface area contributed by atoms with Crippen molar-refractivity contribution in [3.05, 3.63) is 53.9 Å². The minimum atomic E-state index is -0.258. The molecule has 1 N–H and O–H groups in total. The van der Waals surface area contributed by atoms with Crippen molar-refractivity contribution in [1.82, 2.24) is 15.2 Å². The highest BCUT2D eigenvalue weighted by atomic mass is 16.5. The number of carbonyl (C=O) groups excluding carboxylic acids is 2. The van der Waals surface area contributed by atoms with E-state index in [1.807, 2.05) is 12.1 Å². The Hall–Kier alpha value is -3.09. The maximum atomic E-state index is 12.4. The molecule has 7 heteroatoms. The lowest BCUT2D eigenvalue weighted by Crippen LogP contribution is -2.30. The van der Waals surface area contributed by atoms with Gasteiger partial charge in [0, 0.05) is 24.8 Å². The Morgan fingerprint density at radius 2 is 1.81 bits per heavy atom. The minimum absolute atomic E-state index is 0.120. The first-order chi connectivity index (χ1) is 13.2. The van der Waals surface area contributed by atoms with E-state index in [1.165, 1.54) is 6.20 Å². The smallest absolute Gasteiger partial charge is 0.272 e. The molecule has 1 fully saturated rings. The summed E-state index contributed by atoms with van der Waals surface area (Å²) in [7, 11) is 1.61. The molecule has 0 radical (unpaired) electrons. The third-order valence-electron chi connectivity index (χ3n) is 4.35. The maximum Gasteiger partial charge on any atom is 0.272 e. The summed E-state index contributed by atoms with van der Waals surface area (Å²) in [6.45, 7) is 2.19. The number of likely N-dealkylation sites (tertiary alicyclic amines) is 1. The molecule has 2 amide bonds. The standard InChI is InChI=1S/C20H23N3O4/c1-26-16-4-6-17(7-5-16)27-13-10-22-19(24)15-8-9-21-18(14-15)20(25)23-11-2-3-12-23/h4-9,14H,2-3,10-13H2,1H3,(H,22,24). The van der Waals surface area contributed by atoms with Crippen LogP contribution >= 0.6 is 0 Å². The van der Waals surface area contributed by atoms with Gasteiger partial charge in [-0.15, -0.1) is 0 Å². The first kappa shape index (κ1) is 18.7. The van der Waals surface area contributed by atoms with Gasteiger partial charge in [-0.05, 0) is 49.2 Å². The van der Waals surface area contributed by atoms with E-state index in [-0.39, 0.29) is 11.8 Å². The molecule has 3 rings (SSSR count). The normalized spacial score (nSPS) is 13.3. The van der Waals surface area contributed by atoms with Gasteiger partial charge in [0.2, 0.25) is 0 Å². The van der Waals surface area contributed by atoms with Gasteiger partial charge in [0.15, 0.2) is 0 Å². The predicted octanol–water partition coefficient (Wildman–Crippen LogP) is 2.13. The summed E-state index contributed by atoms with van der Waals surface area (Å²) < 4.78 is 10.7. The Morgan fingerprint density at radius 1 is 1.11 bits per heavy atom. The number of nitrogens with zero attached hydrogens (tertiary/aromatic N) is 2. The zero-order valence-electron chi connectivity index (χ0n) is 15.3. The van der Waals surface area contributed by atoms with Crippen LogP contribution in [0.1, 0.15) is 33.7 Å². The molecule has 1 saturated heterocycles. The molecule has 0 aliphatic carbocycles. The summed E-state index contributed by atoms with van der Waals surface area (Å²) in [6.07, 6.45) is 3.52. The summed E-state index contributed by atoms with van der Waals surface area (Å²) in [6, 6.07) is 10.4. The molecule has 0 atom stereocenters. The van der Waals surface area contributed by atoms with E-state index in [9.17, 15) is 9.59 Å². The molecule has 1 aromatic carbocycles. The SMILES string of the molecule is COc1ccc(OCCNC(=O)c2ccnc(C(=O)N3CCCC3)c2)cc1. The van der Waals surface area contributed by atoms with Crippen LogP contribution in [-0.2, 0) is 0 Å². The van der Waals surface area contributed by atoms with Crippen molar-refractivity contribution < 1.29 is 19.1 Å². The van der Waals surface area contributed by atoms with Crippen LogP contribution in [0.3, 0.4) is 0 Å². The van der Waals surface area contributed by atoms with E-state index in [0.717, 1.165) is 31.7 Å². The van der Waals surface area contributed by atoms with E-state index in [2.05, 4.69) is 10.3 Å². The van der Waals surface area contributed by atoms with Crippen LogP contribution in [-0.4, -0.2) is 55.0 Å². The number of benzene rings is 1. The largest absolute Gasteiger partial charge is 0.497 e. The Bertz CT molecular complexity index is 786. The molecule has 7 nitrogen and oxygen atoms in total. The summed E-state index contributed by atoms with van der Waals surface area (Å²) in [4.78, 5) is 30.6. The predicted molar refractivity (Wildman–Crippen MR) is 100 cm³/mol. The van der Waals surface area contributed by atoms with Gasteiger partial charge in [-0.1, -0.05) is 0 Å². The number of carbonyl (C=O) groups is 2. The quantitative estimate of drug-likeness (QED) is 0.757. The summed E-state index contributed by atoms with van der Waals surface area (Å²) >= 11 is 0. The van der Waals surface area contributed by atoms with Crippen LogP contribution in [0.2, 0.25) is 0 Å². The zero-order chi connectivity index (χ0) is 19.1. The molecule has 0 bridgehead atoms. The van der Waals surface area contributed by atoms with Gasteiger partial charge in [-0.2, -0.15) is 0 Å². The number of amides is 2. The summed E-state index contributed by atoms with van der Waals surface area (Å²) in [5.74, 6) is 1.08. The summed E-state index contributed by atoms with van der Waals surface area (Å²) in [5.41, 5.74) is 0.719. The second-order valence-corrected chi connectivity index (χ2v) is 6.21. The van der Waals surface area contributed by atoms with Crippen molar-refractivity contribution in [2.75, 3.05) is 33.4 Å². The second kappa shape index (κ2) is 9.02. The highest BCUT2D eigenvalue weighted by Gasteiger charge is 2.21. The lowest BCUT2D eigenvalue weighted by Gasteiger charge is -2.14. The van der Waals surface area contributed by atoms with Gasteiger partial charge in [-0.3, -0.25) is 14.6 Å². The van der Waals surface area contributed by atoms with Gasteiger partial charge >= 0.3 is 0 Å². The average Bonchev–Trinajstić information content (AvgIpc) is 3.26. The number of methoxy groups -OCH3 is 1. The molecule has 0 saturated carbocycles. The Balaban J connectivity index is 1.48. The third kappa shape index (κ3) is 4.97. The molecular weight excluding hydrogens is 346 g/mol. The molecule has 142 valence electrons. The monoisotopic (exact) mass is 369 g/mol. The van der Waals surface area contributed by atoms with Crippen molar-refractivity contribution in [1.29, 1.82) is 0 Å². The number of hydrogen-bond acceptors (Lipinski definition) is 5. The van der Waals surface area contributed by atoms with E-state index < -0.39 is 0 Å². The van der Waals surface area contributed by atoms with Crippen LogP contribution in [0.15, 0.2) is 42.6 Å². The first-order valence-corrected chi connectivity index (χ1v) is 8.98. The van der Waals surface area contributed by atoms with Gasteiger partial charge in [0.05, 0.1) is 13.7 Å². The third-order valence-corrected chi connectivity index (χ3v) is 4.35. The van der Waals surface area contributed by atoms with Crippen molar-refractivity contribution in [3.8, 4) is 11.5 Å². The van der Waals surface area contributed by atoms with Gasteiger partial charge in [-0.25, -0.2) is 0 Å². The lowest BCUT2D eigenvalue weighted by molar-refractivity contribution is 0.0787. The van der Waals surface area contributed by atoms with Gasteiger partial charge in [0.25, 0.3) is 11.8 Å². The number of hydrogen-bond donors (Lipinski definition) is 1. The highest BCUT2D eigenvalue weighted by Crippen LogP contribution is 2.16. The fourth-order valence-corrected chi connectivity index (χ4v) is 2.88. The first-order valence-electron chi connectivity index (χ1n) is 8.98. The Kier molecular flexibility index (Phi) is 6.25. The zero-order valence-corrected chi connectivity index (χ0v) is 15.3. The molecule has 0 unspecified atom stereocenters. The fourth-order valence-electron chi connectivity index (χ4n) is 2.88. The van der Waals surface area contributed by atoms with Crippen LogP contribution in [0.25, 0.3) is 0 Å². The molecule has 2 aromatic rings. The van der Waals surface area contributed by atoms with Crippen molar-refractivity contribution in [2.45, 2.75) is 12.8 Å². The maximum absolute atomic E-state index is 12.4. The van der Waals surface area contributed by atoms with Gasteiger partial charge < -0.3 is 19.7 Å². The lowest BCUT2D eigenvalue weighted by atomic mass is 10.2. The van der Waals surface area contributed by atoms with E-state index in [4.69, 9.17) is 9.47 Å². The topological polar surface area (TPSA) is 80.8 Å². The molecule has 2 heterocycles. The van der Waals surface area contributed by atoms with Crippen molar-refractivity contribution in [2.24, 2.45) is 0 Å². The molecule has 1 aliphatic heterocycles. The van der Waals surface area contributed by atoms with Gasteiger partial charge in [0.1, 0.15) is 23.8 Å². The number of ether oxygens (including phenoxy) is 2. The summed E-state index contributed by atoms with van der Waals surface area (Å²) in [5, 5.41) is 2.79. The molecule has 27 heavy (non-hydrogen) atoms. The van der Waals surface area contributed by atoms with Crippen LogP contribution in [0.4, 0.5) is 0 Å². The van der Waals surface area contributed by atoms with Crippen molar-refractivity contribution in [3.63, 3.8) is 0 Å². The molecule has 1 aromatic heterocycles. The van der Waals surface area contributed by atoms with E-state index >= 15 is 0 Å². The Morgan fingerprint density at radius 3 is 2.52 bits per heavy atom. The van der Waals surface area contributed by atoms with E-state index in [0.29, 0.717) is 30.2 Å². The molecule has 0 spiro atoms. The minimum Gasteiger partial charge on any atom is -0.497 e. The van der Waals surface area contributed by atoms with Crippen LogP contribution in [0.5, 0.6) is 11.5 Å².